The van der Waals surface area contributed by atoms with E-state index in [0.717, 1.165) is 11.1 Å². The van der Waals surface area contributed by atoms with Crippen molar-refractivity contribution in [2.75, 3.05) is 0 Å². The van der Waals surface area contributed by atoms with Gasteiger partial charge in [0.2, 0.25) is 0 Å². The molecule has 25 heavy (non-hydrogen) atoms. The number of benzene rings is 2. The summed E-state index contributed by atoms with van der Waals surface area (Å²) in [5, 5.41) is 13.6. The zero-order chi connectivity index (χ0) is 17.6. The van der Waals surface area contributed by atoms with Crippen LogP contribution in [0.25, 0.3) is 0 Å². The summed E-state index contributed by atoms with van der Waals surface area (Å²) >= 11 is 12.0. The van der Waals surface area contributed by atoms with E-state index in [4.69, 9.17) is 23.2 Å². The number of oxime groups is 1. The lowest BCUT2D eigenvalue weighted by Crippen LogP contribution is -2.11. The van der Waals surface area contributed by atoms with Crippen LogP contribution in [0.15, 0.2) is 78.0 Å². The SMILES string of the molecule is O/N=C(/CC(c1ccccc1)c1ccccc1)c1cc(Cl)nc(Cl)c1. The molecule has 2 aromatic carbocycles. The van der Waals surface area contributed by atoms with Crippen LogP contribution < -0.4 is 0 Å². The highest BCUT2D eigenvalue weighted by atomic mass is 35.5. The van der Waals surface area contributed by atoms with Crippen molar-refractivity contribution in [1.29, 1.82) is 0 Å². The standard InChI is InChI=1S/C20H16Cl2N2O/c21-19-11-16(12-20(22)23-19)18(24-25)13-17(14-7-3-1-4-8-14)15-9-5-2-6-10-15/h1-12,17,25H,13H2/b24-18-. The van der Waals surface area contributed by atoms with Crippen molar-refractivity contribution in [3.05, 3.63) is 99.8 Å². The molecule has 0 amide bonds. The Balaban J connectivity index is 1.99. The molecule has 0 spiro atoms. The molecule has 0 fully saturated rings. The summed E-state index contributed by atoms with van der Waals surface area (Å²) in [6, 6.07) is 23.5. The molecule has 0 bridgehead atoms. The summed E-state index contributed by atoms with van der Waals surface area (Å²) in [4.78, 5) is 3.94. The van der Waals surface area contributed by atoms with Crippen molar-refractivity contribution in [3.63, 3.8) is 0 Å². The molecular formula is C20H16Cl2N2O. The van der Waals surface area contributed by atoms with Crippen LogP contribution in [0.4, 0.5) is 0 Å². The smallest absolute Gasteiger partial charge is 0.131 e. The van der Waals surface area contributed by atoms with Crippen LogP contribution in [0, 0.1) is 0 Å². The summed E-state index contributed by atoms with van der Waals surface area (Å²) in [7, 11) is 0. The summed E-state index contributed by atoms with van der Waals surface area (Å²) in [6.07, 6.45) is 0.501. The van der Waals surface area contributed by atoms with Gasteiger partial charge < -0.3 is 5.21 Å². The van der Waals surface area contributed by atoms with E-state index in [0.29, 0.717) is 17.7 Å². The Morgan fingerprint density at radius 1 is 0.880 bits per heavy atom. The number of nitrogens with zero attached hydrogens (tertiary/aromatic N) is 2. The van der Waals surface area contributed by atoms with Crippen molar-refractivity contribution in [2.24, 2.45) is 5.16 Å². The van der Waals surface area contributed by atoms with E-state index >= 15 is 0 Å². The zero-order valence-corrected chi connectivity index (χ0v) is 14.8. The van der Waals surface area contributed by atoms with Crippen molar-refractivity contribution in [3.8, 4) is 0 Å². The third-order valence-electron chi connectivity index (χ3n) is 4.02. The number of halogens is 2. The van der Waals surface area contributed by atoms with Crippen LogP contribution in [-0.2, 0) is 0 Å². The van der Waals surface area contributed by atoms with Crippen LogP contribution in [0.5, 0.6) is 0 Å². The van der Waals surface area contributed by atoms with Crippen molar-refractivity contribution in [1.82, 2.24) is 4.98 Å². The van der Waals surface area contributed by atoms with E-state index in [-0.39, 0.29) is 16.2 Å². The molecule has 0 aliphatic heterocycles. The topological polar surface area (TPSA) is 45.5 Å². The van der Waals surface area contributed by atoms with E-state index < -0.39 is 0 Å². The van der Waals surface area contributed by atoms with E-state index in [2.05, 4.69) is 34.4 Å². The Labute approximate surface area is 156 Å². The average molecular weight is 371 g/mol. The molecule has 0 aliphatic carbocycles. The summed E-state index contributed by atoms with van der Waals surface area (Å²) < 4.78 is 0. The minimum atomic E-state index is 0.0408. The van der Waals surface area contributed by atoms with Crippen molar-refractivity contribution < 1.29 is 5.21 Å². The van der Waals surface area contributed by atoms with Gasteiger partial charge in [0.1, 0.15) is 10.3 Å². The highest BCUT2D eigenvalue weighted by Crippen LogP contribution is 2.30. The lowest BCUT2D eigenvalue weighted by atomic mass is 9.85. The second kappa shape index (κ2) is 8.15. The Morgan fingerprint density at radius 3 is 1.80 bits per heavy atom. The second-order valence-corrected chi connectivity index (χ2v) is 6.40. The van der Waals surface area contributed by atoms with Gasteiger partial charge in [-0.2, -0.15) is 0 Å². The molecule has 0 saturated carbocycles. The summed E-state index contributed by atoms with van der Waals surface area (Å²) in [5.41, 5.74) is 3.44. The fourth-order valence-electron chi connectivity index (χ4n) is 2.84. The molecule has 3 nitrogen and oxygen atoms in total. The molecule has 3 rings (SSSR count). The van der Waals surface area contributed by atoms with E-state index in [1.165, 1.54) is 0 Å². The molecule has 0 unspecified atom stereocenters. The molecule has 3 aromatic rings. The minimum absolute atomic E-state index is 0.0408. The number of pyridine rings is 1. The van der Waals surface area contributed by atoms with Gasteiger partial charge in [0, 0.05) is 17.9 Å². The third-order valence-corrected chi connectivity index (χ3v) is 4.41. The van der Waals surface area contributed by atoms with Crippen LogP contribution in [-0.4, -0.2) is 15.9 Å². The first-order valence-electron chi connectivity index (χ1n) is 7.81. The Kier molecular flexibility index (Phi) is 5.69. The van der Waals surface area contributed by atoms with Gasteiger partial charge in [0.25, 0.3) is 0 Å². The van der Waals surface area contributed by atoms with Crippen LogP contribution in [0.1, 0.15) is 29.0 Å². The van der Waals surface area contributed by atoms with Gasteiger partial charge in [0.05, 0.1) is 5.71 Å². The first-order valence-corrected chi connectivity index (χ1v) is 8.57. The molecule has 0 atom stereocenters. The van der Waals surface area contributed by atoms with E-state index in [1.807, 2.05) is 36.4 Å². The lowest BCUT2D eigenvalue weighted by molar-refractivity contribution is 0.317. The fraction of sp³-hybridized carbons (Fsp3) is 0.100. The molecule has 1 aromatic heterocycles. The van der Waals surface area contributed by atoms with E-state index in [1.54, 1.807) is 12.1 Å². The first kappa shape index (κ1) is 17.5. The van der Waals surface area contributed by atoms with Crippen LogP contribution >= 0.6 is 23.2 Å². The number of aromatic nitrogens is 1. The molecule has 0 aliphatic rings. The lowest BCUT2D eigenvalue weighted by Gasteiger charge is -2.19. The van der Waals surface area contributed by atoms with Crippen molar-refractivity contribution in [2.45, 2.75) is 12.3 Å². The molecule has 5 heteroatoms. The van der Waals surface area contributed by atoms with Gasteiger partial charge in [0.15, 0.2) is 0 Å². The maximum Gasteiger partial charge on any atom is 0.131 e. The third kappa shape index (κ3) is 4.38. The number of hydrogen-bond donors (Lipinski definition) is 1. The predicted octanol–water partition coefficient (Wildman–Crippen LogP) is 5.79. The number of hydrogen-bond acceptors (Lipinski definition) is 3. The Morgan fingerprint density at radius 2 is 1.36 bits per heavy atom. The summed E-state index contributed by atoms with van der Waals surface area (Å²) in [6.45, 7) is 0. The quantitative estimate of drug-likeness (QED) is 0.267. The zero-order valence-electron chi connectivity index (χ0n) is 13.3. The van der Waals surface area contributed by atoms with Gasteiger partial charge >= 0.3 is 0 Å². The monoisotopic (exact) mass is 370 g/mol. The molecule has 1 N–H and O–H groups in total. The molecule has 1 heterocycles. The fourth-order valence-corrected chi connectivity index (χ4v) is 3.30. The number of rotatable bonds is 5. The first-order chi connectivity index (χ1) is 12.2. The minimum Gasteiger partial charge on any atom is -0.411 e. The van der Waals surface area contributed by atoms with Gasteiger partial charge in [-0.25, -0.2) is 4.98 Å². The van der Waals surface area contributed by atoms with E-state index in [9.17, 15) is 5.21 Å². The largest absolute Gasteiger partial charge is 0.411 e. The molecule has 0 radical (unpaired) electrons. The Hall–Kier alpha value is -2.36. The van der Waals surface area contributed by atoms with Gasteiger partial charge in [-0.1, -0.05) is 89.0 Å². The van der Waals surface area contributed by atoms with Gasteiger partial charge in [-0.05, 0) is 23.3 Å². The van der Waals surface area contributed by atoms with Gasteiger partial charge in [-0.15, -0.1) is 0 Å². The van der Waals surface area contributed by atoms with Crippen LogP contribution in [0.2, 0.25) is 10.3 Å². The average Bonchev–Trinajstić information content (AvgIpc) is 2.63. The van der Waals surface area contributed by atoms with Gasteiger partial charge in [-0.3, -0.25) is 0 Å². The highest BCUT2D eigenvalue weighted by molar-refractivity contribution is 6.33. The molecular weight excluding hydrogens is 355 g/mol. The second-order valence-electron chi connectivity index (χ2n) is 5.63. The predicted molar refractivity (Wildman–Crippen MR) is 102 cm³/mol. The summed E-state index contributed by atoms with van der Waals surface area (Å²) in [5.74, 6) is 0.0408. The molecule has 0 saturated heterocycles. The Bertz CT molecular complexity index is 808. The highest BCUT2D eigenvalue weighted by Gasteiger charge is 2.19. The normalized spacial score (nSPS) is 11.7. The maximum absolute atomic E-state index is 9.59. The molecule has 126 valence electrons. The maximum atomic E-state index is 9.59. The van der Waals surface area contributed by atoms with Crippen molar-refractivity contribution >= 4 is 28.9 Å². The van der Waals surface area contributed by atoms with Crippen LogP contribution in [0.3, 0.4) is 0 Å².